The molecule has 1 aliphatic rings. The zero-order valence-corrected chi connectivity index (χ0v) is 12.2. The van der Waals surface area contributed by atoms with Crippen molar-refractivity contribution in [2.24, 2.45) is 5.92 Å². The first-order valence-electron chi connectivity index (χ1n) is 7.45. The van der Waals surface area contributed by atoms with Crippen molar-refractivity contribution in [3.63, 3.8) is 0 Å². The van der Waals surface area contributed by atoms with E-state index < -0.39 is 12.1 Å². The number of carbonyl (C=O) groups excluding carboxylic acids is 1. The van der Waals surface area contributed by atoms with Gasteiger partial charge in [0.2, 0.25) is 0 Å². The topological polar surface area (TPSA) is 89.9 Å². The maximum atomic E-state index is 11.9. The van der Waals surface area contributed by atoms with E-state index in [2.05, 4.69) is 5.32 Å². The van der Waals surface area contributed by atoms with Gasteiger partial charge >= 0.3 is 12.0 Å². The second-order valence-corrected chi connectivity index (χ2v) is 5.47. The van der Waals surface area contributed by atoms with Gasteiger partial charge in [-0.3, -0.25) is 4.79 Å². The van der Waals surface area contributed by atoms with Crippen molar-refractivity contribution in [3.8, 4) is 0 Å². The smallest absolute Gasteiger partial charge is 0.317 e. The summed E-state index contributed by atoms with van der Waals surface area (Å²) in [5.41, 5.74) is 0. The third kappa shape index (κ3) is 6.23. The summed E-state index contributed by atoms with van der Waals surface area (Å²) >= 11 is 0. The Morgan fingerprint density at radius 1 is 1.40 bits per heavy atom. The number of carboxylic acid groups (broad SMARTS) is 1. The van der Waals surface area contributed by atoms with Gasteiger partial charge in [-0.15, -0.1) is 0 Å². The number of carboxylic acids is 1. The van der Waals surface area contributed by atoms with E-state index >= 15 is 0 Å². The van der Waals surface area contributed by atoms with Gasteiger partial charge in [-0.25, -0.2) is 4.79 Å². The minimum atomic E-state index is -0.769. The van der Waals surface area contributed by atoms with Crippen LogP contribution in [-0.2, 0) is 4.79 Å². The van der Waals surface area contributed by atoms with Crippen molar-refractivity contribution in [3.05, 3.63) is 0 Å². The van der Waals surface area contributed by atoms with Gasteiger partial charge in [0, 0.05) is 26.1 Å². The number of aliphatic hydroxyl groups excluding tert-OH is 1. The van der Waals surface area contributed by atoms with Crippen LogP contribution >= 0.6 is 0 Å². The van der Waals surface area contributed by atoms with Crippen molar-refractivity contribution >= 4 is 12.0 Å². The van der Waals surface area contributed by atoms with Crippen molar-refractivity contribution in [1.82, 2.24) is 10.2 Å². The zero-order chi connectivity index (χ0) is 15.0. The minimum absolute atomic E-state index is 0.128. The number of nitrogens with zero attached hydrogens (tertiary/aromatic N) is 1. The molecule has 1 rings (SSSR count). The van der Waals surface area contributed by atoms with Crippen LogP contribution in [0.15, 0.2) is 0 Å². The molecule has 1 fully saturated rings. The molecule has 2 atom stereocenters. The maximum absolute atomic E-state index is 11.9. The van der Waals surface area contributed by atoms with Crippen LogP contribution in [0.4, 0.5) is 4.79 Å². The van der Waals surface area contributed by atoms with Gasteiger partial charge in [-0.2, -0.15) is 0 Å². The number of aliphatic hydroxyl groups is 1. The summed E-state index contributed by atoms with van der Waals surface area (Å²) in [5.74, 6) is -0.437. The zero-order valence-electron chi connectivity index (χ0n) is 12.2. The summed E-state index contributed by atoms with van der Waals surface area (Å²) in [6.45, 7) is 3.69. The number of hydrogen-bond acceptors (Lipinski definition) is 3. The third-order valence-corrected chi connectivity index (χ3v) is 3.86. The normalized spacial score (nSPS) is 20.5. The predicted molar refractivity (Wildman–Crippen MR) is 75.5 cm³/mol. The standard InChI is InChI=1S/C14H26N2O4/c1-2-11(5-6-13(18)19)7-8-15-14(20)16-9-3-4-12(17)10-16/h11-12,17H,2-10H2,1H3,(H,15,20)(H,18,19). The lowest BCUT2D eigenvalue weighted by atomic mass is 9.97. The van der Waals surface area contributed by atoms with Crippen LogP contribution in [0.1, 0.15) is 45.4 Å². The molecule has 2 amide bonds. The Hall–Kier alpha value is -1.30. The molecular formula is C14H26N2O4. The number of likely N-dealkylation sites (tertiary alicyclic amines) is 1. The summed E-state index contributed by atoms with van der Waals surface area (Å²) in [7, 11) is 0. The van der Waals surface area contributed by atoms with E-state index in [-0.39, 0.29) is 12.5 Å². The Morgan fingerprint density at radius 3 is 2.75 bits per heavy atom. The average Bonchev–Trinajstić information content (AvgIpc) is 2.42. The SMILES string of the molecule is CCC(CCNC(=O)N1CCCC(O)C1)CCC(=O)O. The Labute approximate surface area is 120 Å². The summed E-state index contributed by atoms with van der Waals surface area (Å²) < 4.78 is 0. The number of hydrogen-bond donors (Lipinski definition) is 3. The highest BCUT2D eigenvalue weighted by Gasteiger charge is 2.21. The number of rotatable bonds is 7. The summed E-state index contributed by atoms with van der Waals surface area (Å²) in [6.07, 6.45) is 3.75. The van der Waals surface area contributed by atoms with Gasteiger partial charge in [0.25, 0.3) is 0 Å². The lowest BCUT2D eigenvalue weighted by molar-refractivity contribution is -0.137. The van der Waals surface area contributed by atoms with E-state index in [9.17, 15) is 14.7 Å². The molecule has 0 aromatic heterocycles. The molecule has 0 aromatic carbocycles. The summed E-state index contributed by atoms with van der Waals surface area (Å²) in [5, 5.41) is 21.0. The molecular weight excluding hydrogens is 260 g/mol. The molecule has 20 heavy (non-hydrogen) atoms. The van der Waals surface area contributed by atoms with Crippen molar-refractivity contribution in [2.45, 2.75) is 51.6 Å². The van der Waals surface area contributed by atoms with Gasteiger partial charge in [-0.05, 0) is 31.6 Å². The van der Waals surface area contributed by atoms with E-state index in [0.29, 0.717) is 32.0 Å². The Morgan fingerprint density at radius 2 is 2.15 bits per heavy atom. The van der Waals surface area contributed by atoms with E-state index in [1.54, 1.807) is 4.90 Å². The second kappa shape index (κ2) is 8.79. The highest BCUT2D eigenvalue weighted by atomic mass is 16.4. The quantitative estimate of drug-likeness (QED) is 0.660. The Kier molecular flexibility index (Phi) is 7.36. The van der Waals surface area contributed by atoms with Gasteiger partial charge < -0.3 is 20.4 Å². The molecule has 1 aliphatic heterocycles. The number of aliphatic carboxylic acids is 1. The molecule has 6 nitrogen and oxygen atoms in total. The Balaban J connectivity index is 2.21. The fraction of sp³-hybridized carbons (Fsp3) is 0.857. The minimum Gasteiger partial charge on any atom is -0.481 e. The fourth-order valence-corrected chi connectivity index (χ4v) is 2.51. The lowest BCUT2D eigenvalue weighted by Crippen LogP contribution is -2.47. The molecule has 0 bridgehead atoms. The van der Waals surface area contributed by atoms with Gasteiger partial charge in [0.05, 0.1) is 6.10 Å². The monoisotopic (exact) mass is 286 g/mol. The Bertz CT molecular complexity index is 322. The van der Waals surface area contributed by atoms with Crippen LogP contribution in [0.5, 0.6) is 0 Å². The van der Waals surface area contributed by atoms with Crippen molar-refractivity contribution in [2.75, 3.05) is 19.6 Å². The van der Waals surface area contributed by atoms with E-state index in [4.69, 9.17) is 5.11 Å². The molecule has 6 heteroatoms. The fourth-order valence-electron chi connectivity index (χ4n) is 2.51. The van der Waals surface area contributed by atoms with Crippen molar-refractivity contribution < 1.29 is 19.8 Å². The van der Waals surface area contributed by atoms with Crippen molar-refractivity contribution in [1.29, 1.82) is 0 Å². The number of urea groups is 1. The maximum Gasteiger partial charge on any atom is 0.317 e. The molecule has 0 spiro atoms. The van der Waals surface area contributed by atoms with E-state index in [1.807, 2.05) is 6.92 Å². The molecule has 0 radical (unpaired) electrons. The number of carbonyl (C=O) groups is 2. The summed E-state index contributed by atoms with van der Waals surface area (Å²) in [6, 6.07) is -0.128. The molecule has 1 heterocycles. The molecule has 0 aromatic rings. The molecule has 0 aliphatic carbocycles. The van der Waals surface area contributed by atoms with E-state index in [0.717, 1.165) is 25.7 Å². The van der Waals surface area contributed by atoms with Crippen LogP contribution in [0, 0.1) is 5.92 Å². The second-order valence-electron chi connectivity index (χ2n) is 5.47. The molecule has 1 saturated heterocycles. The molecule has 116 valence electrons. The molecule has 2 unspecified atom stereocenters. The highest BCUT2D eigenvalue weighted by molar-refractivity contribution is 5.74. The van der Waals surface area contributed by atoms with E-state index in [1.165, 1.54) is 0 Å². The number of piperidine rings is 1. The van der Waals surface area contributed by atoms with Gasteiger partial charge in [0.1, 0.15) is 0 Å². The van der Waals surface area contributed by atoms with Gasteiger partial charge in [-0.1, -0.05) is 13.3 Å². The van der Waals surface area contributed by atoms with Crippen LogP contribution in [0.2, 0.25) is 0 Å². The number of β-amino-alcohol motifs (C(OH)–C–C–N with tert-alkyl or cyclic N) is 1. The van der Waals surface area contributed by atoms with Crippen LogP contribution in [-0.4, -0.2) is 52.9 Å². The first-order chi connectivity index (χ1) is 9.52. The van der Waals surface area contributed by atoms with Crippen LogP contribution in [0.25, 0.3) is 0 Å². The summed E-state index contributed by atoms with van der Waals surface area (Å²) in [4.78, 5) is 24.1. The predicted octanol–water partition coefficient (Wildman–Crippen LogP) is 1.43. The first-order valence-corrected chi connectivity index (χ1v) is 7.45. The van der Waals surface area contributed by atoms with Crippen LogP contribution in [0.3, 0.4) is 0 Å². The first kappa shape index (κ1) is 16.8. The third-order valence-electron chi connectivity index (χ3n) is 3.86. The highest BCUT2D eigenvalue weighted by Crippen LogP contribution is 2.15. The number of amides is 2. The molecule has 3 N–H and O–H groups in total. The average molecular weight is 286 g/mol. The largest absolute Gasteiger partial charge is 0.481 e. The van der Waals surface area contributed by atoms with Gasteiger partial charge in [0.15, 0.2) is 0 Å². The molecule has 0 saturated carbocycles. The van der Waals surface area contributed by atoms with Crippen LogP contribution < -0.4 is 5.32 Å². The number of nitrogens with one attached hydrogen (secondary N) is 1. The lowest BCUT2D eigenvalue weighted by Gasteiger charge is -2.30.